The highest BCUT2D eigenvalue weighted by Gasteiger charge is 2.13. The molecule has 0 bridgehead atoms. The van der Waals surface area contributed by atoms with Gasteiger partial charge in [0, 0.05) is 29.4 Å². The summed E-state index contributed by atoms with van der Waals surface area (Å²) in [6.45, 7) is 0.342. The number of nitrogens with two attached hydrogens (primary N) is 1. The van der Waals surface area contributed by atoms with E-state index < -0.39 is 6.03 Å². The van der Waals surface area contributed by atoms with Crippen LogP contribution in [0.5, 0.6) is 0 Å². The zero-order valence-electron chi connectivity index (χ0n) is 15.8. The summed E-state index contributed by atoms with van der Waals surface area (Å²) in [5.74, 6) is -0.257. The van der Waals surface area contributed by atoms with Crippen molar-refractivity contribution in [1.29, 1.82) is 0 Å². The summed E-state index contributed by atoms with van der Waals surface area (Å²) in [6, 6.07) is 16.2. The quantitative estimate of drug-likeness (QED) is 0.445. The number of carbonyl (C=O) groups is 2. The third-order valence-corrected chi connectivity index (χ3v) is 5.15. The number of rotatable bonds is 6. The van der Waals surface area contributed by atoms with Gasteiger partial charge in [0.25, 0.3) is 5.91 Å². The van der Waals surface area contributed by atoms with Crippen molar-refractivity contribution in [1.82, 2.24) is 20.1 Å². The number of aromatic nitrogens is 3. The second-order valence-electron chi connectivity index (χ2n) is 6.42. The van der Waals surface area contributed by atoms with Crippen molar-refractivity contribution in [3.05, 3.63) is 83.6 Å². The lowest BCUT2D eigenvalue weighted by molar-refractivity contribution is 0.0946. The molecule has 8 nitrogen and oxygen atoms in total. The lowest BCUT2D eigenvalue weighted by atomic mass is 10.2. The number of para-hydroxylation sites is 1. The number of thiazole rings is 1. The molecule has 30 heavy (non-hydrogen) atoms. The highest BCUT2D eigenvalue weighted by atomic mass is 32.1. The van der Waals surface area contributed by atoms with Crippen LogP contribution in [0, 0.1) is 0 Å². The molecule has 0 radical (unpaired) electrons. The Morgan fingerprint density at radius 1 is 1.07 bits per heavy atom. The molecule has 0 aliphatic heterocycles. The average molecular weight is 418 g/mol. The zero-order valence-corrected chi connectivity index (χ0v) is 16.6. The number of hydrogen-bond acceptors (Lipinski definition) is 5. The van der Waals surface area contributed by atoms with Crippen molar-refractivity contribution in [3.8, 4) is 16.3 Å². The third-order valence-electron chi connectivity index (χ3n) is 4.26. The Bertz CT molecular complexity index is 1170. The van der Waals surface area contributed by atoms with Gasteiger partial charge in [0.05, 0.1) is 11.9 Å². The Balaban J connectivity index is 1.38. The molecule has 0 aliphatic carbocycles. The van der Waals surface area contributed by atoms with E-state index >= 15 is 0 Å². The number of nitrogens with zero attached hydrogens (tertiary/aromatic N) is 3. The van der Waals surface area contributed by atoms with Gasteiger partial charge in [-0.05, 0) is 29.8 Å². The lowest BCUT2D eigenvalue weighted by Gasteiger charge is -2.05. The van der Waals surface area contributed by atoms with Crippen LogP contribution in [0.4, 0.5) is 10.5 Å². The number of urea groups is 1. The molecule has 4 aromatic rings. The van der Waals surface area contributed by atoms with E-state index in [4.69, 9.17) is 5.73 Å². The molecule has 0 saturated heterocycles. The molecule has 9 heteroatoms. The number of amides is 3. The first-order valence-electron chi connectivity index (χ1n) is 9.08. The fourth-order valence-electron chi connectivity index (χ4n) is 2.79. The van der Waals surface area contributed by atoms with E-state index in [2.05, 4.69) is 20.7 Å². The van der Waals surface area contributed by atoms with Gasteiger partial charge in [-0.25, -0.2) is 14.5 Å². The van der Waals surface area contributed by atoms with Gasteiger partial charge in [-0.15, -0.1) is 11.3 Å². The molecule has 0 atom stereocenters. The Hall–Kier alpha value is -3.98. The maximum absolute atomic E-state index is 12.4. The first-order valence-corrected chi connectivity index (χ1v) is 9.96. The highest BCUT2D eigenvalue weighted by molar-refractivity contribution is 7.13. The SMILES string of the molecule is NC(=O)Nc1ccc(CNC(=O)c2csc(-c3cnn(-c4ccccc4)c3)n2)cc1. The summed E-state index contributed by atoms with van der Waals surface area (Å²) in [7, 11) is 0. The van der Waals surface area contributed by atoms with Crippen molar-refractivity contribution in [2.75, 3.05) is 5.32 Å². The van der Waals surface area contributed by atoms with Crippen LogP contribution in [-0.2, 0) is 6.54 Å². The van der Waals surface area contributed by atoms with Crippen molar-refractivity contribution in [2.45, 2.75) is 6.54 Å². The molecule has 4 N–H and O–H groups in total. The van der Waals surface area contributed by atoms with Crippen LogP contribution in [0.2, 0.25) is 0 Å². The molecule has 0 saturated carbocycles. The van der Waals surface area contributed by atoms with Gasteiger partial charge in [0.2, 0.25) is 0 Å². The minimum atomic E-state index is -0.621. The maximum atomic E-state index is 12.4. The van der Waals surface area contributed by atoms with Crippen molar-refractivity contribution in [2.24, 2.45) is 5.73 Å². The van der Waals surface area contributed by atoms with Crippen molar-refractivity contribution in [3.63, 3.8) is 0 Å². The molecule has 2 aromatic carbocycles. The van der Waals surface area contributed by atoms with Gasteiger partial charge in [0.1, 0.15) is 10.7 Å². The van der Waals surface area contributed by atoms with Gasteiger partial charge in [-0.3, -0.25) is 4.79 Å². The largest absolute Gasteiger partial charge is 0.351 e. The predicted octanol–water partition coefficient (Wildman–Crippen LogP) is 3.42. The standard InChI is InChI=1S/C21H18N6O2S/c22-21(29)25-16-8-6-14(7-9-16)10-23-19(28)18-13-30-20(26-18)15-11-24-27(12-15)17-4-2-1-3-5-17/h1-9,11-13H,10H2,(H,23,28)(H3,22,25,29). The fourth-order valence-corrected chi connectivity index (χ4v) is 3.56. The lowest BCUT2D eigenvalue weighted by Crippen LogP contribution is -2.23. The van der Waals surface area contributed by atoms with E-state index in [1.54, 1.807) is 40.5 Å². The number of carbonyl (C=O) groups excluding carboxylic acids is 2. The molecule has 0 unspecified atom stereocenters. The molecule has 0 spiro atoms. The van der Waals surface area contributed by atoms with Crippen molar-refractivity contribution >= 4 is 29.0 Å². The van der Waals surface area contributed by atoms with Crippen LogP contribution in [0.3, 0.4) is 0 Å². The van der Waals surface area contributed by atoms with Crippen LogP contribution in [0.15, 0.2) is 72.4 Å². The second kappa shape index (κ2) is 8.58. The van der Waals surface area contributed by atoms with Crippen LogP contribution < -0.4 is 16.4 Å². The summed E-state index contributed by atoms with van der Waals surface area (Å²) in [5, 5.41) is 12.2. The number of primary amides is 1. The summed E-state index contributed by atoms with van der Waals surface area (Å²) < 4.78 is 1.77. The van der Waals surface area contributed by atoms with Gasteiger partial charge in [-0.2, -0.15) is 5.10 Å². The van der Waals surface area contributed by atoms with Crippen molar-refractivity contribution < 1.29 is 9.59 Å². The maximum Gasteiger partial charge on any atom is 0.316 e. The topological polar surface area (TPSA) is 115 Å². The molecule has 150 valence electrons. The minimum absolute atomic E-state index is 0.257. The summed E-state index contributed by atoms with van der Waals surface area (Å²) in [6.07, 6.45) is 3.62. The monoisotopic (exact) mass is 418 g/mol. The second-order valence-corrected chi connectivity index (χ2v) is 7.27. The third kappa shape index (κ3) is 4.53. The van der Waals surface area contributed by atoms with E-state index in [1.165, 1.54) is 11.3 Å². The first kappa shape index (κ1) is 19.3. The average Bonchev–Trinajstić information content (AvgIpc) is 3.43. The number of benzene rings is 2. The highest BCUT2D eigenvalue weighted by Crippen LogP contribution is 2.24. The number of anilines is 1. The fraction of sp³-hybridized carbons (Fsp3) is 0.0476. The Morgan fingerprint density at radius 2 is 1.83 bits per heavy atom. The Morgan fingerprint density at radius 3 is 2.57 bits per heavy atom. The van der Waals surface area contributed by atoms with E-state index in [-0.39, 0.29) is 5.91 Å². The van der Waals surface area contributed by atoms with Crippen LogP contribution in [0.25, 0.3) is 16.3 Å². The molecule has 2 aromatic heterocycles. The Labute approximate surface area is 176 Å². The molecule has 4 rings (SSSR count). The van der Waals surface area contributed by atoms with E-state index in [0.29, 0.717) is 17.9 Å². The number of nitrogens with one attached hydrogen (secondary N) is 2. The summed E-state index contributed by atoms with van der Waals surface area (Å²) in [5.41, 5.74) is 8.72. The molecule has 0 aliphatic rings. The van der Waals surface area contributed by atoms with Crippen LogP contribution in [-0.4, -0.2) is 26.7 Å². The van der Waals surface area contributed by atoms with Gasteiger partial charge >= 0.3 is 6.03 Å². The van der Waals surface area contributed by atoms with Crippen LogP contribution in [0.1, 0.15) is 16.1 Å². The molecular weight excluding hydrogens is 400 g/mol. The normalized spacial score (nSPS) is 10.5. The Kier molecular flexibility index (Phi) is 5.53. The molecule has 0 fully saturated rings. The predicted molar refractivity (Wildman–Crippen MR) is 115 cm³/mol. The van der Waals surface area contributed by atoms with Crippen LogP contribution >= 0.6 is 11.3 Å². The summed E-state index contributed by atoms with van der Waals surface area (Å²) >= 11 is 1.39. The van der Waals surface area contributed by atoms with Gasteiger partial charge in [-0.1, -0.05) is 30.3 Å². The molecule has 3 amide bonds. The van der Waals surface area contributed by atoms with E-state index in [9.17, 15) is 9.59 Å². The minimum Gasteiger partial charge on any atom is -0.351 e. The summed E-state index contributed by atoms with van der Waals surface area (Å²) in [4.78, 5) is 27.7. The smallest absolute Gasteiger partial charge is 0.316 e. The van der Waals surface area contributed by atoms with Gasteiger partial charge in [0.15, 0.2) is 0 Å². The van der Waals surface area contributed by atoms with E-state index in [0.717, 1.165) is 21.8 Å². The van der Waals surface area contributed by atoms with E-state index in [1.807, 2.05) is 36.5 Å². The van der Waals surface area contributed by atoms with Gasteiger partial charge < -0.3 is 16.4 Å². The molecule has 2 heterocycles. The number of hydrogen-bond donors (Lipinski definition) is 3. The zero-order chi connectivity index (χ0) is 20.9. The first-order chi connectivity index (χ1) is 14.6. The molecular formula is C21H18N6O2S.